The van der Waals surface area contributed by atoms with Gasteiger partial charge in [-0.15, -0.1) is 11.8 Å². The quantitative estimate of drug-likeness (QED) is 0.829. The van der Waals surface area contributed by atoms with Crippen LogP contribution < -0.4 is 5.73 Å². The summed E-state index contributed by atoms with van der Waals surface area (Å²) in [4.78, 5) is 1.48. The van der Waals surface area contributed by atoms with Crippen LogP contribution in [0.4, 0.5) is 0 Å². The van der Waals surface area contributed by atoms with E-state index in [-0.39, 0.29) is 5.54 Å². The monoisotopic (exact) mass is 303 g/mol. The van der Waals surface area contributed by atoms with E-state index in [0.29, 0.717) is 10.7 Å². The van der Waals surface area contributed by atoms with Crippen molar-refractivity contribution in [3.05, 3.63) is 29.8 Å². The van der Waals surface area contributed by atoms with E-state index in [2.05, 4.69) is 56.8 Å². The highest BCUT2D eigenvalue weighted by Gasteiger charge is 2.38. The molecule has 116 valence electrons. The van der Waals surface area contributed by atoms with Gasteiger partial charge < -0.3 is 5.73 Å². The molecule has 1 nitrogen and oxygen atoms in total. The van der Waals surface area contributed by atoms with E-state index in [9.17, 15) is 0 Å². The van der Waals surface area contributed by atoms with Crippen LogP contribution in [0.5, 0.6) is 0 Å². The Bertz CT molecular complexity index is 470. The first-order chi connectivity index (χ1) is 9.86. The number of benzene rings is 1. The average molecular weight is 304 g/mol. The van der Waals surface area contributed by atoms with Gasteiger partial charge in [-0.05, 0) is 61.5 Å². The summed E-state index contributed by atoms with van der Waals surface area (Å²) < 4.78 is 0. The maximum atomic E-state index is 6.77. The van der Waals surface area contributed by atoms with Gasteiger partial charge in [0.05, 0.1) is 0 Å². The van der Waals surface area contributed by atoms with Crippen molar-refractivity contribution in [3.8, 4) is 0 Å². The van der Waals surface area contributed by atoms with Gasteiger partial charge in [0.1, 0.15) is 0 Å². The molecule has 0 aromatic heterocycles. The van der Waals surface area contributed by atoms with Crippen molar-refractivity contribution < 1.29 is 0 Å². The third-order valence-corrected chi connectivity index (χ3v) is 6.87. The largest absolute Gasteiger partial charge is 0.325 e. The van der Waals surface area contributed by atoms with Crippen molar-refractivity contribution >= 4 is 11.8 Å². The van der Waals surface area contributed by atoms with Crippen LogP contribution in [0.15, 0.2) is 29.2 Å². The Morgan fingerprint density at radius 3 is 2.48 bits per heavy atom. The first-order valence-corrected chi connectivity index (χ1v) is 9.27. The molecule has 1 unspecified atom stereocenters. The van der Waals surface area contributed by atoms with Crippen LogP contribution in [0.2, 0.25) is 0 Å². The molecular weight excluding hydrogens is 274 g/mol. The van der Waals surface area contributed by atoms with Crippen LogP contribution in [0.25, 0.3) is 0 Å². The highest BCUT2D eigenvalue weighted by atomic mass is 32.2. The fourth-order valence-electron chi connectivity index (χ4n) is 4.08. The standard InChI is InChI=1S/C19H29NS/c1-18(2,3)15-8-10-19(20,11-9-15)13-16-12-14-6-4-5-7-17(14)21-16/h4-7,15-16H,8-13,20H2,1-3H3. The molecule has 1 saturated carbocycles. The summed E-state index contributed by atoms with van der Waals surface area (Å²) in [6.07, 6.45) is 7.44. The van der Waals surface area contributed by atoms with Crippen molar-refractivity contribution in [2.24, 2.45) is 17.1 Å². The van der Waals surface area contributed by atoms with E-state index in [0.717, 1.165) is 5.92 Å². The molecule has 1 aromatic carbocycles. The predicted molar refractivity (Wildman–Crippen MR) is 92.7 cm³/mol. The van der Waals surface area contributed by atoms with Crippen molar-refractivity contribution in [3.63, 3.8) is 0 Å². The number of thioether (sulfide) groups is 1. The van der Waals surface area contributed by atoms with Gasteiger partial charge in [0.15, 0.2) is 0 Å². The van der Waals surface area contributed by atoms with Crippen molar-refractivity contribution in [2.45, 2.75) is 75.0 Å². The van der Waals surface area contributed by atoms with Gasteiger partial charge in [0.25, 0.3) is 0 Å². The van der Waals surface area contributed by atoms with Gasteiger partial charge in [-0.1, -0.05) is 39.0 Å². The third-order valence-electron chi connectivity index (χ3n) is 5.55. The molecule has 1 heterocycles. The molecule has 1 aliphatic carbocycles. The fraction of sp³-hybridized carbons (Fsp3) is 0.684. The van der Waals surface area contributed by atoms with Gasteiger partial charge in [-0.3, -0.25) is 0 Å². The lowest BCUT2D eigenvalue weighted by Gasteiger charge is -2.43. The lowest BCUT2D eigenvalue weighted by molar-refractivity contribution is 0.129. The van der Waals surface area contributed by atoms with Gasteiger partial charge in [-0.2, -0.15) is 0 Å². The smallest absolute Gasteiger partial charge is 0.0165 e. The topological polar surface area (TPSA) is 26.0 Å². The molecule has 1 atom stereocenters. The van der Waals surface area contributed by atoms with Crippen LogP contribution in [-0.2, 0) is 6.42 Å². The van der Waals surface area contributed by atoms with Crippen molar-refractivity contribution in [1.29, 1.82) is 0 Å². The van der Waals surface area contributed by atoms with Crippen LogP contribution >= 0.6 is 11.8 Å². The molecule has 0 radical (unpaired) electrons. The predicted octanol–water partition coefficient (Wildman–Crippen LogP) is 5.03. The molecule has 0 spiro atoms. The van der Waals surface area contributed by atoms with Gasteiger partial charge in [0.2, 0.25) is 0 Å². The minimum absolute atomic E-state index is 0.0848. The van der Waals surface area contributed by atoms with E-state index >= 15 is 0 Å². The Balaban J connectivity index is 1.57. The second-order valence-corrected chi connectivity index (χ2v) is 9.60. The molecule has 2 aliphatic rings. The summed E-state index contributed by atoms with van der Waals surface area (Å²) in [7, 11) is 0. The molecule has 2 N–H and O–H groups in total. The van der Waals surface area contributed by atoms with Crippen LogP contribution in [0.3, 0.4) is 0 Å². The zero-order valence-electron chi connectivity index (χ0n) is 13.7. The van der Waals surface area contributed by atoms with E-state index < -0.39 is 0 Å². The normalized spacial score (nSPS) is 33.0. The Morgan fingerprint density at radius 2 is 1.86 bits per heavy atom. The Labute approximate surface area is 134 Å². The molecule has 3 rings (SSSR count). The minimum Gasteiger partial charge on any atom is -0.325 e. The molecule has 1 fully saturated rings. The number of fused-ring (bicyclic) bond motifs is 1. The van der Waals surface area contributed by atoms with E-state index in [1.165, 1.54) is 49.0 Å². The maximum absolute atomic E-state index is 6.77. The summed E-state index contributed by atoms with van der Waals surface area (Å²) in [6.45, 7) is 7.14. The zero-order valence-corrected chi connectivity index (χ0v) is 14.5. The zero-order chi connectivity index (χ0) is 15.1. The van der Waals surface area contributed by atoms with Crippen molar-refractivity contribution in [1.82, 2.24) is 0 Å². The average Bonchev–Trinajstić information content (AvgIpc) is 2.79. The first-order valence-electron chi connectivity index (χ1n) is 8.39. The second-order valence-electron chi connectivity index (χ2n) is 8.26. The van der Waals surface area contributed by atoms with Gasteiger partial charge in [-0.25, -0.2) is 0 Å². The molecule has 2 heteroatoms. The summed E-state index contributed by atoms with van der Waals surface area (Å²) in [5, 5.41) is 0.693. The lowest BCUT2D eigenvalue weighted by atomic mass is 9.66. The number of hydrogen-bond acceptors (Lipinski definition) is 2. The number of rotatable bonds is 2. The molecule has 1 aromatic rings. The van der Waals surface area contributed by atoms with Gasteiger partial charge >= 0.3 is 0 Å². The highest BCUT2D eigenvalue weighted by Crippen LogP contribution is 2.45. The van der Waals surface area contributed by atoms with E-state index in [4.69, 9.17) is 5.73 Å². The molecule has 0 bridgehead atoms. The molecule has 0 saturated heterocycles. The van der Waals surface area contributed by atoms with Crippen LogP contribution in [-0.4, -0.2) is 10.8 Å². The van der Waals surface area contributed by atoms with E-state index in [1.807, 2.05) is 0 Å². The second kappa shape index (κ2) is 5.62. The number of nitrogens with two attached hydrogens (primary N) is 1. The maximum Gasteiger partial charge on any atom is 0.0165 e. The Kier molecular flexibility index (Phi) is 4.13. The molecule has 1 aliphatic heterocycles. The van der Waals surface area contributed by atoms with Gasteiger partial charge in [0, 0.05) is 15.7 Å². The Hall–Kier alpha value is -0.470. The van der Waals surface area contributed by atoms with Crippen LogP contribution in [0, 0.1) is 11.3 Å². The minimum atomic E-state index is 0.0848. The number of hydrogen-bond donors (Lipinski definition) is 1. The molecule has 0 amide bonds. The first kappa shape index (κ1) is 15.4. The summed E-state index contributed by atoms with van der Waals surface area (Å²) >= 11 is 2.05. The molecular formula is C19H29NS. The summed E-state index contributed by atoms with van der Waals surface area (Å²) in [5.41, 5.74) is 8.82. The summed E-state index contributed by atoms with van der Waals surface area (Å²) in [5.74, 6) is 0.850. The summed E-state index contributed by atoms with van der Waals surface area (Å²) in [6, 6.07) is 8.86. The molecule has 21 heavy (non-hydrogen) atoms. The Morgan fingerprint density at radius 1 is 1.19 bits per heavy atom. The third kappa shape index (κ3) is 3.48. The SMILES string of the molecule is CC(C)(C)C1CCC(N)(CC2Cc3ccccc3S2)CC1. The van der Waals surface area contributed by atoms with Crippen molar-refractivity contribution in [2.75, 3.05) is 0 Å². The van der Waals surface area contributed by atoms with E-state index in [1.54, 1.807) is 0 Å². The fourth-order valence-corrected chi connectivity index (χ4v) is 5.58. The highest BCUT2D eigenvalue weighted by molar-refractivity contribution is 8.00. The lowest BCUT2D eigenvalue weighted by Crippen LogP contribution is -2.46. The van der Waals surface area contributed by atoms with Crippen LogP contribution in [0.1, 0.15) is 58.4 Å².